The van der Waals surface area contributed by atoms with Crippen molar-refractivity contribution >= 4 is 11.7 Å². The number of nitrogens with zero attached hydrogens (tertiary/aromatic N) is 5. The summed E-state index contributed by atoms with van der Waals surface area (Å²) in [5.74, 6) is 1.03. The molecule has 0 radical (unpaired) electrons. The van der Waals surface area contributed by atoms with E-state index in [1.54, 1.807) is 13.0 Å². The first-order chi connectivity index (χ1) is 16.4. The van der Waals surface area contributed by atoms with E-state index < -0.39 is 0 Å². The van der Waals surface area contributed by atoms with Crippen LogP contribution in [0.15, 0.2) is 35.3 Å². The van der Waals surface area contributed by atoms with Crippen LogP contribution < -0.4 is 0 Å². The standard InChI is InChI=1S/C27H34FN5O/c1-19-12-20(4-5-25(19)28)17-33-18-23-14-24-22(13-21(23)15-26(33)34)16-29-27(24)32-10-8-31(9-11-32)7-6-30(2)3/h4-5,12-14H,6-11,15-18H2,1-3H3. The van der Waals surface area contributed by atoms with Crippen molar-refractivity contribution in [2.45, 2.75) is 33.0 Å². The molecule has 34 heavy (non-hydrogen) atoms. The van der Waals surface area contributed by atoms with Crippen LogP contribution >= 0.6 is 0 Å². The fraction of sp³-hybridized carbons (Fsp3) is 0.481. The zero-order valence-electron chi connectivity index (χ0n) is 20.5. The van der Waals surface area contributed by atoms with Crippen LogP contribution in [-0.2, 0) is 30.8 Å². The van der Waals surface area contributed by atoms with Gasteiger partial charge in [0.1, 0.15) is 11.7 Å². The molecule has 0 spiro atoms. The Bertz CT molecular complexity index is 1120. The van der Waals surface area contributed by atoms with Crippen LogP contribution in [0.25, 0.3) is 0 Å². The molecule has 0 unspecified atom stereocenters. The number of piperazine rings is 1. The van der Waals surface area contributed by atoms with Gasteiger partial charge in [0.15, 0.2) is 0 Å². The normalized spacial score (nSPS) is 18.4. The Morgan fingerprint density at radius 2 is 1.82 bits per heavy atom. The van der Waals surface area contributed by atoms with Gasteiger partial charge in [-0.05, 0) is 61.0 Å². The highest BCUT2D eigenvalue weighted by Crippen LogP contribution is 2.30. The average Bonchev–Trinajstić information content (AvgIpc) is 3.22. The predicted octanol–water partition coefficient (Wildman–Crippen LogP) is 2.66. The number of hydrogen-bond acceptors (Lipinski definition) is 5. The first-order valence-corrected chi connectivity index (χ1v) is 12.2. The second-order valence-electron chi connectivity index (χ2n) is 10.1. The SMILES string of the molecule is Cc1cc(CN2Cc3cc4c(cc3CC2=O)CN=C4N2CCN(CCN(C)C)CC2)ccc1F. The molecular formula is C27H34FN5O. The summed E-state index contributed by atoms with van der Waals surface area (Å²) in [5, 5.41) is 0. The van der Waals surface area contributed by atoms with E-state index in [1.807, 2.05) is 11.0 Å². The summed E-state index contributed by atoms with van der Waals surface area (Å²) in [6, 6.07) is 9.57. The van der Waals surface area contributed by atoms with Crippen LogP contribution in [0, 0.1) is 12.7 Å². The lowest BCUT2D eigenvalue weighted by atomic mass is 9.93. The molecule has 180 valence electrons. The van der Waals surface area contributed by atoms with E-state index >= 15 is 0 Å². The molecular weight excluding hydrogens is 429 g/mol. The Morgan fingerprint density at radius 3 is 2.56 bits per heavy atom. The third-order valence-corrected chi connectivity index (χ3v) is 7.25. The van der Waals surface area contributed by atoms with Gasteiger partial charge in [-0.2, -0.15) is 0 Å². The van der Waals surface area contributed by atoms with Crippen molar-refractivity contribution in [3.63, 3.8) is 0 Å². The van der Waals surface area contributed by atoms with Crippen LogP contribution in [0.1, 0.15) is 33.4 Å². The number of carbonyl (C=O) groups excluding carboxylic acids is 1. The van der Waals surface area contributed by atoms with E-state index in [0.717, 1.165) is 56.2 Å². The first kappa shape index (κ1) is 23.0. The Labute approximate surface area is 201 Å². The van der Waals surface area contributed by atoms with Crippen molar-refractivity contribution in [3.8, 4) is 0 Å². The van der Waals surface area contributed by atoms with Gasteiger partial charge in [0.05, 0.1) is 13.0 Å². The molecule has 7 heteroatoms. The molecule has 3 heterocycles. The number of aliphatic imine (C=N–C) groups is 1. The molecule has 0 N–H and O–H groups in total. The third kappa shape index (κ3) is 4.72. The average molecular weight is 464 g/mol. The highest BCUT2D eigenvalue weighted by atomic mass is 19.1. The highest BCUT2D eigenvalue weighted by Gasteiger charge is 2.29. The first-order valence-electron chi connectivity index (χ1n) is 12.2. The van der Waals surface area contributed by atoms with E-state index in [4.69, 9.17) is 4.99 Å². The summed E-state index contributed by atoms with van der Waals surface area (Å²) in [4.78, 5) is 26.8. The minimum Gasteiger partial charge on any atom is -0.354 e. The smallest absolute Gasteiger partial charge is 0.227 e. The fourth-order valence-electron chi connectivity index (χ4n) is 5.17. The fourth-order valence-corrected chi connectivity index (χ4v) is 5.17. The topological polar surface area (TPSA) is 42.4 Å². The van der Waals surface area contributed by atoms with Gasteiger partial charge in [0, 0.05) is 57.9 Å². The van der Waals surface area contributed by atoms with Crippen LogP contribution in [0.3, 0.4) is 0 Å². The molecule has 5 rings (SSSR count). The largest absolute Gasteiger partial charge is 0.354 e. The summed E-state index contributed by atoms with van der Waals surface area (Å²) >= 11 is 0. The van der Waals surface area contributed by atoms with E-state index in [0.29, 0.717) is 31.6 Å². The molecule has 0 bridgehead atoms. The predicted molar refractivity (Wildman–Crippen MR) is 132 cm³/mol. The van der Waals surface area contributed by atoms with Gasteiger partial charge in [-0.1, -0.05) is 18.2 Å². The summed E-state index contributed by atoms with van der Waals surface area (Å²) < 4.78 is 13.7. The van der Waals surface area contributed by atoms with Crippen molar-refractivity contribution in [1.29, 1.82) is 0 Å². The Kier molecular flexibility index (Phi) is 6.40. The lowest BCUT2D eigenvalue weighted by Crippen LogP contribution is -2.50. The maximum Gasteiger partial charge on any atom is 0.227 e. The molecule has 3 aliphatic heterocycles. The molecule has 1 amide bonds. The van der Waals surface area contributed by atoms with E-state index in [1.165, 1.54) is 22.8 Å². The number of amides is 1. The lowest BCUT2D eigenvalue weighted by Gasteiger charge is -2.36. The number of benzene rings is 2. The summed E-state index contributed by atoms with van der Waals surface area (Å²) in [5.41, 5.74) is 6.37. The molecule has 0 saturated carbocycles. The number of rotatable bonds is 5. The Hall–Kier alpha value is -2.77. The monoisotopic (exact) mass is 463 g/mol. The minimum atomic E-state index is -0.208. The van der Waals surface area contributed by atoms with Crippen molar-refractivity contribution in [2.75, 3.05) is 53.4 Å². The van der Waals surface area contributed by atoms with E-state index in [2.05, 4.69) is 40.9 Å². The van der Waals surface area contributed by atoms with Gasteiger partial charge in [0.25, 0.3) is 0 Å². The number of fused-ring (bicyclic) bond motifs is 2. The van der Waals surface area contributed by atoms with Gasteiger partial charge < -0.3 is 14.7 Å². The summed E-state index contributed by atoms with van der Waals surface area (Å²) in [6.07, 6.45) is 0.419. The second kappa shape index (κ2) is 9.47. The number of aryl methyl sites for hydroxylation is 1. The van der Waals surface area contributed by atoms with Gasteiger partial charge in [-0.15, -0.1) is 0 Å². The van der Waals surface area contributed by atoms with Crippen LogP contribution in [0.2, 0.25) is 0 Å². The summed E-state index contributed by atoms with van der Waals surface area (Å²) in [7, 11) is 4.24. The maximum absolute atomic E-state index is 13.7. The van der Waals surface area contributed by atoms with Crippen molar-refractivity contribution < 1.29 is 9.18 Å². The number of carbonyl (C=O) groups is 1. The number of amidine groups is 1. The Balaban J connectivity index is 1.28. The van der Waals surface area contributed by atoms with Crippen molar-refractivity contribution in [1.82, 2.24) is 19.6 Å². The number of likely N-dealkylation sites (N-methyl/N-ethyl adjacent to an activating group) is 1. The van der Waals surface area contributed by atoms with Gasteiger partial charge in [0.2, 0.25) is 5.91 Å². The molecule has 6 nitrogen and oxygen atoms in total. The van der Waals surface area contributed by atoms with Crippen molar-refractivity contribution in [3.05, 3.63) is 69.5 Å². The molecule has 1 fully saturated rings. The van der Waals surface area contributed by atoms with Crippen LogP contribution in [0.5, 0.6) is 0 Å². The molecule has 0 atom stereocenters. The molecule has 3 aliphatic rings. The minimum absolute atomic E-state index is 0.127. The number of hydrogen-bond donors (Lipinski definition) is 0. The summed E-state index contributed by atoms with van der Waals surface area (Å²) in [6.45, 7) is 9.87. The van der Waals surface area contributed by atoms with Crippen LogP contribution in [-0.4, -0.2) is 84.7 Å². The lowest BCUT2D eigenvalue weighted by molar-refractivity contribution is -0.132. The van der Waals surface area contributed by atoms with Crippen LogP contribution in [0.4, 0.5) is 4.39 Å². The second-order valence-corrected chi connectivity index (χ2v) is 10.1. The van der Waals surface area contributed by atoms with Crippen molar-refractivity contribution in [2.24, 2.45) is 4.99 Å². The zero-order chi connectivity index (χ0) is 23.8. The molecule has 1 saturated heterocycles. The molecule has 2 aromatic rings. The van der Waals surface area contributed by atoms with Gasteiger partial charge in [-0.3, -0.25) is 14.7 Å². The number of halogens is 1. The zero-order valence-corrected chi connectivity index (χ0v) is 20.5. The molecule has 0 aliphatic carbocycles. The maximum atomic E-state index is 13.7. The third-order valence-electron chi connectivity index (χ3n) is 7.25. The Morgan fingerprint density at radius 1 is 1.03 bits per heavy atom. The van der Waals surface area contributed by atoms with Gasteiger partial charge in [-0.25, -0.2) is 4.39 Å². The highest BCUT2D eigenvalue weighted by molar-refractivity contribution is 6.02. The van der Waals surface area contributed by atoms with E-state index in [-0.39, 0.29) is 11.7 Å². The molecule has 2 aromatic carbocycles. The van der Waals surface area contributed by atoms with Gasteiger partial charge >= 0.3 is 0 Å². The molecule has 0 aromatic heterocycles. The quantitative estimate of drug-likeness (QED) is 0.684. The van der Waals surface area contributed by atoms with E-state index in [9.17, 15) is 9.18 Å².